The average Bonchev–Trinajstić information content (AvgIpc) is 2.08. The standard InChI is InChI=1S/C7H8.C3H4Cl2/c1-7-5-3-2-4-6-7;4-2-1-3-5/h2-6H,1H3;1-2H,3H2. The van der Waals surface area contributed by atoms with Crippen molar-refractivity contribution in [3.63, 3.8) is 0 Å². The largest absolute Gasteiger partial charge is 0.122 e. The van der Waals surface area contributed by atoms with E-state index in [1.165, 1.54) is 11.1 Å². The van der Waals surface area contributed by atoms with Crippen molar-refractivity contribution in [2.75, 3.05) is 5.88 Å². The summed E-state index contributed by atoms with van der Waals surface area (Å²) in [7, 11) is 0. The van der Waals surface area contributed by atoms with Gasteiger partial charge in [-0.15, -0.1) is 11.6 Å². The van der Waals surface area contributed by atoms with E-state index in [0.717, 1.165) is 0 Å². The first-order valence-corrected chi connectivity index (χ1v) is 4.61. The van der Waals surface area contributed by atoms with Crippen molar-refractivity contribution in [3.05, 3.63) is 47.5 Å². The van der Waals surface area contributed by atoms with Crippen LogP contribution in [-0.4, -0.2) is 5.88 Å². The van der Waals surface area contributed by atoms with Crippen LogP contribution in [0, 0.1) is 6.92 Å². The van der Waals surface area contributed by atoms with E-state index in [1.807, 2.05) is 18.2 Å². The lowest BCUT2D eigenvalue weighted by Crippen LogP contribution is -1.62. The maximum atomic E-state index is 5.13. The molecule has 0 aliphatic heterocycles. The predicted octanol–water partition coefficient (Wildman–Crippen LogP) is 3.97. The Hall–Kier alpha value is -0.460. The van der Waals surface area contributed by atoms with Crippen LogP contribution < -0.4 is 0 Å². The highest BCUT2D eigenvalue weighted by Crippen LogP contribution is 1.92. The van der Waals surface area contributed by atoms with Crippen LogP contribution in [-0.2, 0) is 0 Å². The molecule has 0 spiro atoms. The summed E-state index contributed by atoms with van der Waals surface area (Å²) in [6, 6.07) is 10.3. The molecule has 0 N–H and O–H groups in total. The first-order valence-electron chi connectivity index (χ1n) is 3.64. The minimum Gasteiger partial charge on any atom is -0.122 e. The van der Waals surface area contributed by atoms with Crippen molar-refractivity contribution in [2.24, 2.45) is 0 Å². The SMILES string of the molecule is Cc1ccccc1.ClC=CCCl. The van der Waals surface area contributed by atoms with Gasteiger partial charge in [0.25, 0.3) is 0 Å². The Bertz CT molecular complexity index is 204. The molecular formula is C10H12Cl2. The highest BCUT2D eigenvalue weighted by Gasteiger charge is 1.72. The second kappa shape index (κ2) is 8.63. The van der Waals surface area contributed by atoms with E-state index in [2.05, 4.69) is 19.1 Å². The zero-order valence-corrected chi connectivity index (χ0v) is 8.52. The zero-order chi connectivity index (χ0) is 9.23. The topological polar surface area (TPSA) is 0 Å². The summed E-state index contributed by atoms with van der Waals surface area (Å²) in [6.07, 6.45) is 1.66. The molecule has 0 aliphatic carbocycles. The number of benzene rings is 1. The average molecular weight is 203 g/mol. The number of rotatable bonds is 1. The molecule has 0 saturated carbocycles. The molecule has 1 aromatic carbocycles. The van der Waals surface area contributed by atoms with Crippen molar-refractivity contribution in [2.45, 2.75) is 6.92 Å². The van der Waals surface area contributed by atoms with Crippen LogP contribution in [0.3, 0.4) is 0 Å². The van der Waals surface area contributed by atoms with Crippen molar-refractivity contribution in [1.82, 2.24) is 0 Å². The zero-order valence-electron chi connectivity index (χ0n) is 7.00. The molecule has 0 amide bonds. The second-order valence-corrected chi connectivity index (χ2v) is 2.73. The third-order valence-electron chi connectivity index (χ3n) is 1.12. The quantitative estimate of drug-likeness (QED) is 0.605. The van der Waals surface area contributed by atoms with Crippen molar-refractivity contribution >= 4 is 23.2 Å². The molecule has 1 rings (SSSR count). The predicted molar refractivity (Wildman–Crippen MR) is 56.9 cm³/mol. The van der Waals surface area contributed by atoms with Gasteiger partial charge in [0.15, 0.2) is 0 Å². The number of halogens is 2. The molecule has 0 nitrogen and oxygen atoms in total. The summed E-state index contributed by atoms with van der Waals surface area (Å²) in [5.74, 6) is 0.503. The van der Waals surface area contributed by atoms with E-state index < -0.39 is 0 Å². The summed E-state index contributed by atoms with van der Waals surface area (Å²) in [5, 5.41) is 0. The van der Waals surface area contributed by atoms with Crippen LogP contribution >= 0.6 is 23.2 Å². The fourth-order valence-electron chi connectivity index (χ4n) is 0.568. The summed E-state index contributed by atoms with van der Waals surface area (Å²) in [4.78, 5) is 0. The van der Waals surface area contributed by atoms with Gasteiger partial charge >= 0.3 is 0 Å². The van der Waals surface area contributed by atoms with Gasteiger partial charge in [0.2, 0.25) is 0 Å². The maximum absolute atomic E-state index is 5.13. The van der Waals surface area contributed by atoms with Gasteiger partial charge in [-0.05, 0) is 6.92 Å². The van der Waals surface area contributed by atoms with Gasteiger partial charge in [-0.25, -0.2) is 0 Å². The van der Waals surface area contributed by atoms with Gasteiger partial charge in [-0.2, -0.15) is 0 Å². The lowest BCUT2D eigenvalue weighted by atomic mass is 10.2. The van der Waals surface area contributed by atoms with Crippen molar-refractivity contribution in [3.8, 4) is 0 Å². The maximum Gasteiger partial charge on any atom is 0.0415 e. The van der Waals surface area contributed by atoms with E-state index >= 15 is 0 Å². The van der Waals surface area contributed by atoms with Crippen molar-refractivity contribution < 1.29 is 0 Å². The van der Waals surface area contributed by atoms with Crippen molar-refractivity contribution in [1.29, 1.82) is 0 Å². The minimum absolute atomic E-state index is 0.503. The molecular weight excluding hydrogens is 191 g/mol. The molecule has 0 aliphatic rings. The van der Waals surface area contributed by atoms with Crippen LogP contribution in [0.2, 0.25) is 0 Å². The van der Waals surface area contributed by atoms with E-state index in [9.17, 15) is 0 Å². The Morgan fingerprint density at radius 3 is 2.00 bits per heavy atom. The molecule has 0 aromatic heterocycles. The molecule has 0 bridgehead atoms. The summed E-state index contributed by atoms with van der Waals surface area (Å²) >= 11 is 10.2. The number of alkyl halides is 1. The van der Waals surface area contributed by atoms with E-state index in [4.69, 9.17) is 23.2 Å². The lowest BCUT2D eigenvalue weighted by Gasteiger charge is -1.82. The first kappa shape index (κ1) is 11.5. The Morgan fingerprint density at radius 2 is 1.83 bits per heavy atom. The van der Waals surface area contributed by atoms with Crippen LogP contribution in [0.25, 0.3) is 0 Å². The minimum atomic E-state index is 0.503. The number of allylic oxidation sites excluding steroid dienone is 1. The highest BCUT2D eigenvalue weighted by atomic mass is 35.5. The van der Waals surface area contributed by atoms with Gasteiger partial charge in [0.1, 0.15) is 0 Å². The molecule has 0 radical (unpaired) electrons. The molecule has 0 heterocycles. The molecule has 1 aromatic rings. The van der Waals surface area contributed by atoms with Crippen LogP contribution in [0.5, 0.6) is 0 Å². The Balaban J connectivity index is 0.000000217. The smallest absolute Gasteiger partial charge is 0.0415 e. The summed E-state index contributed by atoms with van der Waals surface area (Å²) < 4.78 is 0. The van der Waals surface area contributed by atoms with Gasteiger partial charge < -0.3 is 0 Å². The molecule has 0 saturated heterocycles. The molecule has 0 fully saturated rings. The van der Waals surface area contributed by atoms with E-state index in [-0.39, 0.29) is 0 Å². The summed E-state index contributed by atoms with van der Waals surface area (Å²) in [6.45, 7) is 2.08. The molecule has 12 heavy (non-hydrogen) atoms. The normalized spacial score (nSPS) is 9.25. The second-order valence-electron chi connectivity index (χ2n) is 2.17. The number of hydrogen-bond donors (Lipinski definition) is 0. The van der Waals surface area contributed by atoms with Crippen LogP contribution in [0.1, 0.15) is 5.56 Å². The highest BCUT2D eigenvalue weighted by molar-refractivity contribution is 6.26. The Kier molecular flexibility index (Phi) is 8.30. The molecule has 66 valence electrons. The molecule has 0 unspecified atom stereocenters. The van der Waals surface area contributed by atoms with Crippen LogP contribution in [0.4, 0.5) is 0 Å². The molecule has 0 atom stereocenters. The third-order valence-corrected chi connectivity index (χ3v) is 1.47. The Morgan fingerprint density at radius 1 is 1.25 bits per heavy atom. The number of hydrogen-bond acceptors (Lipinski definition) is 0. The van der Waals surface area contributed by atoms with Gasteiger partial charge in [0, 0.05) is 11.4 Å². The Labute approximate surface area is 83.8 Å². The van der Waals surface area contributed by atoms with E-state index in [0.29, 0.717) is 5.88 Å². The van der Waals surface area contributed by atoms with Gasteiger partial charge in [-0.1, -0.05) is 53.6 Å². The molecule has 2 heteroatoms. The van der Waals surface area contributed by atoms with Gasteiger partial charge in [0.05, 0.1) is 0 Å². The fraction of sp³-hybridized carbons (Fsp3) is 0.200. The monoisotopic (exact) mass is 202 g/mol. The fourth-order valence-corrected chi connectivity index (χ4v) is 0.837. The number of aryl methyl sites for hydroxylation is 1. The van der Waals surface area contributed by atoms with E-state index in [1.54, 1.807) is 6.08 Å². The van der Waals surface area contributed by atoms with Gasteiger partial charge in [-0.3, -0.25) is 0 Å². The van der Waals surface area contributed by atoms with Crippen LogP contribution in [0.15, 0.2) is 41.9 Å². The lowest BCUT2D eigenvalue weighted by molar-refractivity contribution is 1.48. The third kappa shape index (κ3) is 7.64. The first-order chi connectivity index (χ1) is 5.81. The summed E-state index contributed by atoms with van der Waals surface area (Å²) in [5.41, 5.74) is 2.72.